The van der Waals surface area contributed by atoms with E-state index in [0.717, 1.165) is 32.5 Å². The first kappa shape index (κ1) is 13.4. The van der Waals surface area contributed by atoms with Crippen molar-refractivity contribution in [2.75, 3.05) is 26.2 Å². The first-order valence-electron chi connectivity index (χ1n) is 5.91. The second kappa shape index (κ2) is 6.15. The number of hydrogen-bond acceptors (Lipinski definition) is 3. The molecule has 92 valence electrons. The fourth-order valence-electron chi connectivity index (χ4n) is 2.19. The third-order valence-corrected chi connectivity index (χ3v) is 3.42. The molecule has 0 saturated carbocycles. The van der Waals surface area contributed by atoms with Crippen LogP contribution in [-0.4, -0.2) is 52.9 Å². The fraction of sp³-hybridized carbons (Fsp3) is 0.818. The fourth-order valence-corrected chi connectivity index (χ4v) is 2.45. The molecule has 1 aliphatic rings. The number of carbonyl (C=O) groups is 1. The highest BCUT2D eigenvalue weighted by atomic mass is 32.1. The lowest BCUT2D eigenvalue weighted by Crippen LogP contribution is -2.45. The van der Waals surface area contributed by atoms with E-state index in [4.69, 9.17) is 18.0 Å². The van der Waals surface area contributed by atoms with Gasteiger partial charge in [-0.25, -0.2) is 0 Å². The first-order valence-corrected chi connectivity index (χ1v) is 6.32. The Morgan fingerprint density at radius 3 is 2.62 bits per heavy atom. The molecule has 1 aliphatic heterocycles. The summed E-state index contributed by atoms with van der Waals surface area (Å²) in [5.41, 5.74) is 5.67. The Labute approximate surface area is 103 Å². The van der Waals surface area contributed by atoms with Gasteiger partial charge < -0.3 is 10.6 Å². The molecule has 16 heavy (non-hydrogen) atoms. The summed E-state index contributed by atoms with van der Waals surface area (Å²) in [5, 5.41) is 0. The van der Waals surface area contributed by atoms with Gasteiger partial charge in [0.05, 0.1) is 17.6 Å². The van der Waals surface area contributed by atoms with Gasteiger partial charge in [-0.2, -0.15) is 0 Å². The van der Waals surface area contributed by atoms with E-state index in [1.165, 1.54) is 0 Å². The van der Waals surface area contributed by atoms with Crippen molar-refractivity contribution >= 4 is 23.1 Å². The molecule has 2 N–H and O–H groups in total. The zero-order valence-electron chi connectivity index (χ0n) is 10.1. The van der Waals surface area contributed by atoms with Gasteiger partial charge in [0.15, 0.2) is 0 Å². The van der Waals surface area contributed by atoms with E-state index in [0.29, 0.717) is 11.5 Å². The van der Waals surface area contributed by atoms with Crippen LogP contribution < -0.4 is 5.73 Å². The summed E-state index contributed by atoms with van der Waals surface area (Å²) in [6.07, 6.45) is 2.06. The van der Waals surface area contributed by atoms with Gasteiger partial charge in [0.2, 0.25) is 5.91 Å². The maximum absolute atomic E-state index is 11.9. The molecule has 0 aromatic heterocycles. The van der Waals surface area contributed by atoms with Crippen molar-refractivity contribution in [1.29, 1.82) is 0 Å². The van der Waals surface area contributed by atoms with E-state index in [9.17, 15) is 4.79 Å². The number of hydrogen-bond donors (Lipinski definition) is 1. The lowest BCUT2D eigenvalue weighted by molar-refractivity contribution is -0.132. The van der Waals surface area contributed by atoms with Gasteiger partial charge in [-0.3, -0.25) is 9.69 Å². The van der Waals surface area contributed by atoms with E-state index in [1.54, 1.807) is 0 Å². The molecule has 1 heterocycles. The molecule has 0 bridgehead atoms. The number of thiocarbonyl (C=S) groups is 1. The zero-order chi connectivity index (χ0) is 12.1. The van der Waals surface area contributed by atoms with E-state index in [1.807, 2.05) is 18.7 Å². The van der Waals surface area contributed by atoms with Crippen LogP contribution in [0.3, 0.4) is 0 Å². The van der Waals surface area contributed by atoms with Crippen LogP contribution in [0.25, 0.3) is 0 Å². The van der Waals surface area contributed by atoms with Crippen molar-refractivity contribution in [1.82, 2.24) is 9.80 Å². The summed E-state index contributed by atoms with van der Waals surface area (Å²) in [7, 11) is 0. The SMILES string of the molecule is CCN(CC)C(=O)CN1CCCC1C(N)=S. The Morgan fingerprint density at radius 2 is 2.12 bits per heavy atom. The largest absolute Gasteiger partial charge is 0.392 e. The second-order valence-electron chi connectivity index (χ2n) is 4.10. The highest BCUT2D eigenvalue weighted by molar-refractivity contribution is 7.80. The lowest BCUT2D eigenvalue weighted by Gasteiger charge is -2.26. The van der Waals surface area contributed by atoms with E-state index < -0.39 is 0 Å². The van der Waals surface area contributed by atoms with Crippen LogP contribution in [0.15, 0.2) is 0 Å². The summed E-state index contributed by atoms with van der Waals surface area (Å²) < 4.78 is 0. The van der Waals surface area contributed by atoms with Gasteiger partial charge in [0.25, 0.3) is 0 Å². The van der Waals surface area contributed by atoms with Crippen molar-refractivity contribution in [2.45, 2.75) is 32.7 Å². The minimum atomic E-state index is 0.120. The van der Waals surface area contributed by atoms with Gasteiger partial charge in [-0.15, -0.1) is 0 Å². The smallest absolute Gasteiger partial charge is 0.236 e. The molecule has 1 fully saturated rings. The van der Waals surface area contributed by atoms with Crippen molar-refractivity contribution in [2.24, 2.45) is 5.73 Å². The Hall–Kier alpha value is -0.680. The van der Waals surface area contributed by atoms with Crippen LogP contribution in [0.2, 0.25) is 0 Å². The maximum Gasteiger partial charge on any atom is 0.236 e. The molecule has 0 aromatic carbocycles. The summed E-state index contributed by atoms with van der Waals surface area (Å²) in [6.45, 7) is 6.90. The van der Waals surface area contributed by atoms with Crippen LogP contribution in [-0.2, 0) is 4.79 Å². The van der Waals surface area contributed by atoms with Crippen molar-refractivity contribution in [3.63, 3.8) is 0 Å². The number of rotatable bonds is 5. The predicted molar refractivity (Wildman–Crippen MR) is 69.3 cm³/mol. The molecule has 1 rings (SSSR count). The summed E-state index contributed by atoms with van der Waals surface area (Å²) >= 11 is 5.02. The molecule has 0 spiro atoms. The molecule has 1 unspecified atom stereocenters. The molecule has 0 aromatic rings. The highest BCUT2D eigenvalue weighted by Crippen LogP contribution is 2.17. The lowest BCUT2D eigenvalue weighted by atomic mass is 10.2. The summed E-state index contributed by atoms with van der Waals surface area (Å²) in [5.74, 6) is 0.174. The maximum atomic E-state index is 11.9. The molecular weight excluding hydrogens is 222 g/mol. The Kier molecular flexibility index (Phi) is 5.15. The van der Waals surface area contributed by atoms with Gasteiger partial charge in [-0.05, 0) is 33.2 Å². The van der Waals surface area contributed by atoms with Gasteiger partial charge >= 0.3 is 0 Å². The number of likely N-dealkylation sites (tertiary alicyclic amines) is 1. The van der Waals surface area contributed by atoms with Crippen LogP contribution in [0, 0.1) is 0 Å². The molecule has 4 nitrogen and oxygen atoms in total. The van der Waals surface area contributed by atoms with Crippen LogP contribution in [0.4, 0.5) is 0 Å². The average Bonchev–Trinajstić information content (AvgIpc) is 2.67. The summed E-state index contributed by atoms with van der Waals surface area (Å²) in [6, 6.07) is 0.120. The van der Waals surface area contributed by atoms with Crippen molar-refractivity contribution < 1.29 is 4.79 Å². The van der Waals surface area contributed by atoms with Crippen molar-refractivity contribution in [3.05, 3.63) is 0 Å². The van der Waals surface area contributed by atoms with Crippen LogP contribution in [0.1, 0.15) is 26.7 Å². The monoisotopic (exact) mass is 243 g/mol. The zero-order valence-corrected chi connectivity index (χ0v) is 10.9. The molecular formula is C11H21N3OS. The topological polar surface area (TPSA) is 49.6 Å². The number of nitrogens with zero attached hydrogens (tertiary/aromatic N) is 2. The number of nitrogens with two attached hydrogens (primary N) is 1. The molecule has 1 atom stereocenters. The van der Waals surface area contributed by atoms with Gasteiger partial charge in [0, 0.05) is 13.1 Å². The molecule has 1 amide bonds. The number of amides is 1. The Bertz CT molecular complexity index is 266. The van der Waals surface area contributed by atoms with Crippen molar-refractivity contribution in [3.8, 4) is 0 Å². The highest BCUT2D eigenvalue weighted by Gasteiger charge is 2.28. The van der Waals surface area contributed by atoms with Gasteiger partial charge in [-0.1, -0.05) is 12.2 Å². The predicted octanol–water partition coefficient (Wildman–Crippen LogP) is 0.605. The molecule has 0 aliphatic carbocycles. The second-order valence-corrected chi connectivity index (χ2v) is 4.57. The van der Waals surface area contributed by atoms with E-state index >= 15 is 0 Å². The standard InChI is InChI=1S/C11H21N3OS/c1-3-13(4-2)10(15)8-14-7-5-6-9(14)11(12)16/h9H,3-8H2,1-2H3,(H2,12,16). The molecule has 1 saturated heterocycles. The first-order chi connectivity index (χ1) is 7.60. The number of likely N-dealkylation sites (N-methyl/N-ethyl adjacent to an activating group) is 1. The quantitative estimate of drug-likeness (QED) is 0.719. The van der Waals surface area contributed by atoms with Crippen LogP contribution in [0.5, 0.6) is 0 Å². The van der Waals surface area contributed by atoms with Gasteiger partial charge in [0.1, 0.15) is 0 Å². The third kappa shape index (κ3) is 3.15. The number of carbonyl (C=O) groups excluding carboxylic acids is 1. The average molecular weight is 243 g/mol. The van der Waals surface area contributed by atoms with E-state index in [2.05, 4.69) is 4.90 Å². The summed E-state index contributed by atoms with van der Waals surface area (Å²) in [4.78, 5) is 16.4. The molecule has 5 heteroatoms. The Balaban J connectivity index is 2.53. The minimum Gasteiger partial charge on any atom is -0.392 e. The minimum absolute atomic E-state index is 0.120. The molecule has 0 radical (unpaired) electrons. The third-order valence-electron chi connectivity index (χ3n) is 3.15. The van der Waals surface area contributed by atoms with E-state index in [-0.39, 0.29) is 11.9 Å². The normalized spacial score (nSPS) is 21.0. The Morgan fingerprint density at radius 1 is 1.50 bits per heavy atom. The van der Waals surface area contributed by atoms with Crippen LogP contribution >= 0.6 is 12.2 Å².